The van der Waals surface area contributed by atoms with E-state index in [0.29, 0.717) is 0 Å². The third-order valence-electron chi connectivity index (χ3n) is 2.40. The number of carbonyl (C=O) groups is 1. The Hall–Kier alpha value is -1.51. The molecule has 1 heterocycles. The van der Waals surface area contributed by atoms with Crippen LogP contribution in [0.15, 0.2) is 30.3 Å². The molecule has 3 heteroatoms. The van der Waals surface area contributed by atoms with E-state index >= 15 is 0 Å². The third-order valence-corrected chi connectivity index (χ3v) is 2.40. The van der Waals surface area contributed by atoms with Crippen LogP contribution in [-0.2, 0) is 4.79 Å². The Morgan fingerprint density at radius 3 is 2.79 bits per heavy atom. The highest BCUT2D eigenvalue weighted by atomic mass is 16.2. The van der Waals surface area contributed by atoms with E-state index in [9.17, 15) is 4.79 Å². The summed E-state index contributed by atoms with van der Waals surface area (Å²) in [5.41, 5.74) is 1.01. The molecule has 1 aromatic carbocycles. The summed E-state index contributed by atoms with van der Waals surface area (Å²) < 4.78 is 0. The quantitative estimate of drug-likeness (QED) is 0.739. The van der Waals surface area contributed by atoms with Gasteiger partial charge < -0.3 is 10.6 Å². The van der Waals surface area contributed by atoms with E-state index in [1.807, 2.05) is 30.3 Å². The molecule has 1 aliphatic heterocycles. The normalized spacial score (nSPS) is 21.4. The molecule has 14 heavy (non-hydrogen) atoms. The summed E-state index contributed by atoms with van der Waals surface area (Å²) in [5, 5.41) is 6.07. The minimum absolute atomic E-state index is 0.0638. The van der Waals surface area contributed by atoms with Crippen LogP contribution in [0.25, 0.3) is 0 Å². The van der Waals surface area contributed by atoms with Crippen molar-refractivity contribution in [1.82, 2.24) is 5.32 Å². The van der Waals surface area contributed by atoms with Crippen LogP contribution >= 0.6 is 0 Å². The molecule has 0 saturated carbocycles. The standard InChI is InChI=1S/C11H14N2O/c14-11-10(7-4-8-12-11)13-9-5-2-1-3-6-9/h1-3,5-6,10,13H,4,7-8H2,(H,12,14). The molecule has 1 atom stereocenters. The molecule has 2 rings (SSSR count). The first-order chi connectivity index (χ1) is 6.86. The zero-order chi connectivity index (χ0) is 9.80. The summed E-state index contributed by atoms with van der Waals surface area (Å²) in [6.45, 7) is 0.811. The van der Waals surface area contributed by atoms with Crippen LogP contribution in [0.2, 0.25) is 0 Å². The average molecular weight is 190 g/mol. The Morgan fingerprint density at radius 2 is 2.07 bits per heavy atom. The molecular formula is C11H14N2O. The fourth-order valence-corrected chi connectivity index (χ4v) is 1.65. The fourth-order valence-electron chi connectivity index (χ4n) is 1.65. The van der Waals surface area contributed by atoms with E-state index in [2.05, 4.69) is 10.6 Å². The van der Waals surface area contributed by atoms with Crippen molar-refractivity contribution in [3.8, 4) is 0 Å². The zero-order valence-electron chi connectivity index (χ0n) is 7.99. The number of amides is 1. The third kappa shape index (κ3) is 2.05. The molecule has 0 aliphatic carbocycles. The van der Waals surface area contributed by atoms with Crippen molar-refractivity contribution in [1.29, 1.82) is 0 Å². The van der Waals surface area contributed by atoms with Crippen LogP contribution in [0.3, 0.4) is 0 Å². The van der Waals surface area contributed by atoms with E-state index in [0.717, 1.165) is 25.1 Å². The molecule has 1 fully saturated rings. The molecule has 0 spiro atoms. The van der Waals surface area contributed by atoms with E-state index in [1.54, 1.807) is 0 Å². The van der Waals surface area contributed by atoms with Crippen LogP contribution < -0.4 is 10.6 Å². The van der Waals surface area contributed by atoms with Crippen LogP contribution in [0, 0.1) is 0 Å². The van der Waals surface area contributed by atoms with Gasteiger partial charge in [0.1, 0.15) is 6.04 Å². The Kier molecular flexibility index (Phi) is 2.68. The highest BCUT2D eigenvalue weighted by molar-refractivity contribution is 5.85. The van der Waals surface area contributed by atoms with Crippen LogP contribution in [-0.4, -0.2) is 18.5 Å². The number of carbonyl (C=O) groups excluding carboxylic acids is 1. The Bertz CT molecular complexity index is 310. The van der Waals surface area contributed by atoms with Gasteiger partial charge in [-0.3, -0.25) is 4.79 Å². The van der Waals surface area contributed by atoms with Gasteiger partial charge in [-0.15, -0.1) is 0 Å². The van der Waals surface area contributed by atoms with E-state index in [1.165, 1.54) is 0 Å². The van der Waals surface area contributed by atoms with Gasteiger partial charge in [0.05, 0.1) is 0 Å². The first-order valence-corrected chi connectivity index (χ1v) is 4.95. The number of hydrogen-bond donors (Lipinski definition) is 2. The lowest BCUT2D eigenvalue weighted by molar-refractivity contribution is -0.123. The lowest BCUT2D eigenvalue weighted by atomic mass is 10.1. The molecule has 1 saturated heterocycles. The molecule has 2 N–H and O–H groups in total. The number of nitrogens with one attached hydrogen (secondary N) is 2. The summed E-state index contributed by atoms with van der Waals surface area (Å²) in [6, 6.07) is 9.77. The minimum atomic E-state index is -0.0638. The van der Waals surface area contributed by atoms with Crippen molar-refractivity contribution in [3.05, 3.63) is 30.3 Å². The van der Waals surface area contributed by atoms with E-state index < -0.39 is 0 Å². The highest BCUT2D eigenvalue weighted by Gasteiger charge is 2.20. The van der Waals surface area contributed by atoms with Crippen molar-refractivity contribution < 1.29 is 4.79 Å². The van der Waals surface area contributed by atoms with Crippen molar-refractivity contribution in [2.75, 3.05) is 11.9 Å². The van der Waals surface area contributed by atoms with Crippen molar-refractivity contribution in [2.45, 2.75) is 18.9 Å². The fraction of sp³-hybridized carbons (Fsp3) is 0.364. The Morgan fingerprint density at radius 1 is 1.29 bits per heavy atom. The molecule has 3 nitrogen and oxygen atoms in total. The highest BCUT2D eigenvalue weighted by Crippen LogP contribution is 2.12. The maximum absolute atomic E-state index is 11.4. The monoisotopic (exact) mass is 190 g/mol. The van der Waals surface area contributed by atoms with Crippen LogP contribution in [0.5, 0.6) is 0 Å². The molecule has 0 bridgehead atoms. The first kappa shape index (κ1) is 9.06. The summed E-state index contributed by atoms with van der Waals surface area (Å²) in [7, 11) is 0. The average Bonchev–Trinajstić information content (AvgIpc) is 2.23. The second kappa shape index (κ2) is 4.13. The smallest absolute Gasteiger partial charge is 0.242 e. The summed E-state index contributed by atoms with van der Waals surface area (Å²) >= 11 is 0. The van der Waals surface area contributed by atoms with E-state index in [4.69, 9.17) is 0 Å². The van der Waals surface area contributed by atoms with Gasteiger partial charge >= 0.3 is 0 Å². The van der Waals surface area contributed by atoms with Gasteiger partial charge in [0, 0.05) is 12.2 Å². The molecule has 1 unspecified atom stereocenters. The van der Waals surface area contributed by atoms with Gasteiger partial charge in [-0.05, 0) is 25.0 Å². The van der Waals surface area contributed by atoms with Crippen molar-refractivity contribution in [2.24, 2.45) is 0 Å². The number of anilines is 1. The maximum atomic E-state index is 11.4. The number of hydrogen-bond acceptors (Lipinski definition) is 2. The molecule has 1 aromatic rings. The molecule has 74 valence electrons. The van der Waals surface area contributed by atoms with E-state index in [-0.39, 0.29) is 11.9 Å². The predicted octanol–water partition coefficient (Wildman–Crippen LogP) is 1.38. The largest absolute Gasteiger partial charge is 0.374 e. The zero-order valence-corrected chi connectivity index (χ0v) is 7.99. The second-order valence-electron chi connectivity index (χ2n) is 3.50. The van der Waals surface area contributed by atoms with Gasteiger partial charge in [0.15, 0.2) is 0 Å². The number of rotatable bonds is 2. The lowest BCUT2D eigenvalue weighted by Gasteiger charge is -2.23. The lowest BCUT2D eigenvalue weighted by Crippen LogP contribution is -2.44. The first-order valence-electron chi connectivity index (χ1n) is 4.95. The Labute approximate surface area is 83.5 Å². The SMILES string of the molecule is O=C1NCCCC1Nc1ccccc1. The molecule has 1 aliphatic rings. The Balaban J connectivity index is 2.00. The van der Waals surface area contributed by atoms with Crippen LogP contribution in [0.4, 0.5) is 5.69 Å². The second-order valence-corrected chi connectivity index (χ2v) is 3.50. The molecule has 0 aromatic heterocycles. The maximum Gasteiger partial charge on any atom is 0.242 e. The predicted molar refractivity (Wildman–Crippen MR) is 56.1 cm³/mol. The molecule has 1 amide bonds. The topological polar surface area (TPSA) is 41.1 Å². The summed E-state index contributed by atoms with van der Waals surface area (Å²) in [4.78, 5) is 11.4. The van der Waals surface area contributed by atoms with Gasteiger partial charge in [-0.2, -0.15) is 0 Å². The number of para-hydroxylation sites is 1. The van der Waals surface area contributed by atoms with Gasteiger partial charge in [-0.25, -0.2) is 0 Å². The summed E-state index contributed by atoms with van der Waals surface area (Å²) in [5.74, 6) is 0.111. The van der Waals surface area contributed by atoms with Gasteiger partial charge in [-0.1, -0.05) is 18.2 Å². The molecule has 0 radical (unpaired) electrons. The molecular weight excluding hydrogens is 176 g/mol. The number of benzene rings is 1. The van der Waals surface area contributed by atoms with Gasteiger partial charge in [0.25, 0.3) is 0 Å². The number of piperidine rings is 1. The minimum Gasteiger partial charge on any atom is -0.374 e. The van der Waals surface area contributed by atoms with Crippen molar-refractivity contribution in [3.63, 3.8) is 0 Å². The van der Waals surface area contributed by atoms with Gasteiger partial charge in [0.2, 0.25) is 5.91 Å². The van der Waals surface area contributed by atoms with Crippen LogP contribution in [0.1, 0.15) is 12.8 Å². The summed E-state index contributed by atoms with van der Waals surface area (Å²) in [6.07, 6.45) is 1.97. The van der Waals surface area contributed by atoms with Crippen molar-refractivity contribution >= 4 is 11.6 Å².